The molecular weight excluding hydrogens is 208 g/mol. The van der Waals surface area contributed by atoms with E-state index in [1.54, 1.807) is 0 Å². The monoisotopic (exact) mass is 222 g/mol. The molecule has 1 aromatic heterocycles. The topological polar surface area (TPSA) is 24.9 Å². The number of piperidine rings is 1. The molecule has 2 bridgehead atoms. The molecule has 0 radical (unpaired) electrons. The molecule has 15 heavy (non-hydrogen) atoms. The van der Waals surface area contributed by atoms with Crippen LogP contribution in [0.25, 0.3) is 0 Å². The highest BCUT2D eigenvalue weighted by Gasteiger charge is 2.35. The predicted molar refractivity (Wildman–Crippen MR) is 61.2 cm³/mol. The normalized spacial score (nSPS) is 34.3. The van der Waals surface area contributed by atoms with Crippen molar-refractivity contribution in [2.24, 2.45) is 0 Å². The predicted octanol–water partition coefficient (Wildman–Crippen LogP) is 2.73. The number of hydrogen-bond acceptors (Lipinski definition) is 2. The molecule has 2 nitrogen and oxygen atoms in total. The minimum atomic E-state index is 0.590. The average molecular weight is 223 g/mol. The molecule has 2 saturated heterocycles. The maximum Gasteiger partial charge on any atom is 0.129 e. The first-order valence-electron chi connectivity index (χ1n) is 5.70. The summed E-state index contributed by atoms with van der Waals surface area (Å²) in [4.78, 5) is 4.17. The Labute approximate surface area is 95.0 Å². The van der Waals surface area contributed by atoms with E-state index in [1.165, 1.54) is 31.2 Å². The molecule has 3 heterocycles. The van der Waals surface area contributed by atoms with Gasteiger partial charge in [0, 0.05) is 24.2 Å². The molecule has 2 aliphatic heterocycles. The van der Waals surface area contributed by atoms with Gasteiger partial charge in [-0.05, 0) is 37.3 Å². The van der Waals surface area contributed by atoms with Gasteiger partial charge in [0.15, 0.2) is 0 Å². The molecule has 2 aliphatic rings. The maximum atomic E-state index is 5.80. The molecule has 80 valence electrons. The van der Waals surface area contributed by atoms with E-state index in [0.717, 1.165) is 6.04 Å². The zero-order valence-corrected chi connectivity index (χ0v) is 9.37. The minimum absolute atomic E-state index is 0.590. The molecule has 0 spiro atoms. The molecule has 0 unspecified atom stereocenters. The fourth-order valence-corrected chi connectivity index (χ4v) is 3.09. The number of halogens is 1. The van der Waals surface area contributed by atoms with Crippen molar-refractivity contribution in [1.82, 2.24) is 10.3 Å². The lowest BCUT2D eigenvalue weighted by Crippen LogP contribution is -2.39. The molecule has 0 aliphatic carbocycles. The molecule has 3 heteroatoms. The number of fused-ring (bicyclic) bond motifs is 2. The summed E-state index contributed by atoms with van der Waals surface area (Å²) in [7, 11) is 0. The first kappa shape index (κ1) is 9.61. The third kappa shape index (κ3) is 1.77. The van der Waals surface area contributed by atoms with Crippen LogP contribution >= 0.6 is 11.6 Å². The number of hydrogen-bond donors (Lipinski definition) is 1. The van der Waals surface area contributed by atoms with Crippen LogP contribution in [0.15, 0.2) is 18.3 Å². The first-order valence-corrected chi connectivity index (χ1v) is 6.08. The van der Waals surface area contributed by atoms with E-state index >= 15 is 0 Å². The van der Waals surface area contributed by atoms with Crippen molar-refractivity contribution in [3.05, 3.63) is 29.0 Å². The number of nitrogens with zero attached hydrogens (tertiary/aromatic N) is 1. The van der Waals surface area contributed by atoms with E-state index in [4.69, 9.17) is 11.6 Å². The number of aromatic nitrogens is 1. The second kappa shape index (κ2) is 3.76. The lowest BCUT2D eigenvalue weighted by Gasteiger charge is -2.30. The summed E-state index contributed by atoms with van der Waals surface area (Å²) in [6.07, 6.45) is 7.21. The quantitative estimate of drug-likeness (QED) is 0.740. The number of nitrogens with one attached hydrogen (secondary N) is 1. The van der Waals surface area contributed by atoms with E-state index < -0.39 is 0 Å². The van der Waals surface area contributed by atoms with Crippen molar-refractivity contribution in [2.45, 2.75) is 43.7 Å². The van der Waals surface area contributed by atoms with Crippen LogP contribution in [-0.4, -0.2) is 17.1 Å². The highest BCUT2D eigenvalue weighted by molar-refractivity contribution is 6.29. The molecule has 3 rings (SSSR count). The second-order valence-electron chi connectivity index (χ2n) is 4.65. The van der Waals surface area contributed by atoms with Gasteiger partial charge >= 0.3 is 0 Å². The standard InChI is InChI=1S/C12H15ClN2/c13-12-6-1-8(7-14-12)10-4-2-9-3-5-11(10)15-9/h1,6-7,9-11,15H,2-5H2/t9-,10+,11-/m0/s1. The van der Waals surface area contributed by atoms with Crippen molar-refractivity contribution in [3.8, 4) is 0 Å². The van der Waals surface area contributed by atoms with E-state index in [0.29, 0.717) is 17.1 Å². The third-order valence-electron chi connectivity index (χ3n) is 3.77. The van der Waals surface area contributed by atoms with E-state index in [-0.39, 0.29) is 0 Å². The van der Waals surface area contributed by atoms with Crippen molar-refractivity contribution in [3.63, 3.8) is 0 Å². The van der Waals surface area contributed by atoms with Crippen LogP contribution < -0.4 is 5.32 Å². The molecule has 2 fully saturated rings. The Morgan fingerprint density at radius 1 is 1.20 bits per heavy atom. The van der Waals surface area contributed by atoms with Gasteiger partial charge in [-0.1, -0.05) is 17.7 Å². The number of pyridine rings is 1. The Bertz CT molecular complexity index is 349. The molecule has 0 aromatic carbocycles. The van der Waals surface area contributed by atoms with Crippen LogP contribution in [0, 0.1) is 0 Å². The summed E-state index contributed by atoms with van der Waals surface area (Å²) in [5.74, 6) is 0.647. The minimum Gasteiger partial charge on any atom is -0.311 e. The zero-order valence-electron chi connectivity index (χ0n) is 8.62. The highest BCUT2D eigenvalue weighted by atomic mass is 35.5. The van der Waals surface area contributed by atoms with E-state index in [9.17, 15) is 0 Å². The van der Waals surface area contributed by atoms with Gasteiger partial charge in [-0.3, -0.25) is 0 Å². The van der Waals surface area contributed by atoms with Gasteiger partial charge in [-0.25, -0.2) is 4.98 Å². The van der Waals surface area contributed by atoms with Gasteiger partial charge in [-0.15, -0.1) is 0 Å². The zero-order chi connectivity index (χ0) is 10.3. The Balaban J connectivity index is 1.84. The second-order valence-corrected chi connectivity index (χ2v) is 5.03. The molecule has 1 aromatic rings. The maximum absolute atomic E-state index is 5.80. The van der Waals surface area contributed by atoms with Crippen LogP contribution in [0.2, 0.25) is 5.15 Å². The Kier molecular flexibility index (Phi) is 2.41. The summed E-state index contributed by atoms with van der Waals surface area (Å²) in [5, 5.41) is 4.28. The fraction of sp³-hybridized carbons (Fsp3) is 0.583. The first-order chi connectivity index (χ1) is 7.33. The SMILES string of the molecule is Clc1ccc([C@H]2CC[C@H]3CC[C@@H]2N3)cn1. The van der Waals surface area contributed by atoms with Crippen molar-refractivity contribution in [2.75, 3.05) is 0 Å². The Morgan fingerprint density at radius 3 is 2.87 bits per heavy atom. The highest BCUT2D eigenvalue weighted by Crippen LogP contribution is 2.37. The average Bonchev–Trinajstić information content (AvgIpc) is 2.63. The van der Waals surface area contributed by atoms with Gasteiger partial charge < -0.3 is 5.32 Å². The molecular formula is C12H15ClN2. The van der Waals surface area contributed by atoms with Gasteiger partial charge in [0.2, 0.25) is 0 Å². The molecule has 3 atom stereocenters. The summed E-state index contributed by atoms with van der Waals surface area (Å²) in [6.45, 7) is 0. The van der Waals surface area contributed by atoms with Gasteiger partial charge in [-0.2, -0.15) is 0 Å². The van der Waals surface area contributed by atoms with Crippen LogP contribution in [0.3, 0.4) is 0 Å². The Morgan fingerprint density at radius 2 is 2.07 bits per heavy atom. The Hall–Kier alpha value is -0.600. The van der Waals surface area contributed by atoms with Crippen molar-refractivity contribution >= 4 is 11.6 Å². The van der Waals surface area contributed by atoms with Crippen LogP contribution in [0.4, 0.5) is 0 Å². The molecule has 0 amide bonds. The summed E-state index contributed by atoms with van der Waals surface area (Å²) in [5.41, 5.74) is 1.34. The van der Waals surface area contributed by atoms with Crippen LogP contribution in [0.5, 0.6) is 0 Å². The van der Waals surface area contributed by atoms with Gasteiger partial charge in [0.25, 0.3) is 0 Å². The van der Waals surface area contributed by atoms with Crippen molar-refractivity contribution in [1.29, 1.82) is 0 Å². The molecule has 0 saturated carbocycles. The largest absolute Gasteiger partial charge is 0.311 e. The fourth-order valence-electron chi connectivity index (χ4n) is 2.98. The lowest BCUT2D eigenvalue weighted by molar-refractivity contribution is 0.358. The van der Waals surface area contributed by atoms with Gasteiger partial charge in [0.05, 0.1) is 0 Å². The molecule has 1 N–H and O–H groups in total. The van der Waals surface area contributed by atoms with E-state index in [1.807, 2.05) is 12.3 Å². The smallest absolute Gasteiger partial charge is 0.129 e. The number of rotatable bonds is 1. The van der Waals surface area contributed by atoms with Crippen molar-refractivity contribution < 1.29 is 0 Å². The van der Waals surface area contributed by atoms with Gasteiger partial charge in [0.1, 0.15) is 5.15 Å². The van der Waals surface area contributed by atoms with E-state index in [2.05, 4.69) is 16.4 Å². The summed E-state index contributed by atoms with van der Waals surface area (Å²) < 4.78 is 0. The third-order valence-corrected chi connectivity index (χ3v) is 3.99. The lowest BCUT2D eigenvalue weighted by atomic mass is 9.86. The van der Waals surface area contributed by atoms with Crippen LogP contribution in [0.1, 0.15) is 37.2 Å². The summed E-state index contributed by atoms with van der Waals surface area (Å²) >= 11 is 5.80. The summed E-state index contributed by atoms with van der Waals surface area (Å²) in [6, 6.07) is 5.48. The van der Waals surface area contributed by atoms with Crippen LogP contribution in [-0.2, 0) is 0 Å².